The minimum Gasteiger partial charge on any atom is -0.479 e. The third-order valence-corrected chi connectivity index (χ3v) is 1.53. The molecule has 8 heteroatoms. The van der Waals surface area contributed by atoms with Crippen LogP contribution in [0.15, 0.2) is 15.1 Å². The molecule has 0 atom stereocenters. The Morgan fingerprint density at radius 3 is 2.80 bits per heavy atom. The van der Waals surface area contributed by atoms with Crippen molar-refractivity contribution in [2.75, 3.05) is 7.11 Å². The van der Waals surface area contributed by atoms with E-state index in [1.165, 1.54) is 13.2 Å². The second-order valence-electron chi connectivity index (χ2n) is 2.46. The number of carboxylic acids is 1. The van der Waals surface area contributed by atoms with E-state index in [0.29, 0.717) is 0 Å². The van der Waals surface area contributed by atoms with Gasteiger partial charge in [0, 0.05) is 0 Å². The van der Waals surface area contributed by atoms with Crippen LogP contribution < -0.4 is 4.74 Å². The van der Waals surface area contributed by atoms with Gasteiger partial charge >= 0.3 is 11.9 Å². The fourth-order valence-corrected chi connectivity index (χ4v) is 0.871. The van der Waals surface area contributed by atoms with Gasteiger partial charge in [0.1, 0.15) is 0 Å². The standard InChI is InChI=1S/C7H5N3O5/c1-13-4-2-3(14-9-4)5-8-6(7(11)12)15-10-5/h2H,1H3,(H,11,12). The molecule has 0 aliphatic heterocycles. The summed E-state index contributed by atoms with van der Waals surface area (Å²) in [6, 6.07) is 1.41. The van der Waals surface area contributed by atoms with Crippen molar-refractivity contribution in [1.82, 2.24) is 15.3 Å². The largest absolute Gasteiger partial charge is 0.479 e. The molecule has 2 rings (SSSR count). The number of aromatic nitrogens is 3. The molecule has 78 valence electrons. The Bertz CT molecular complexity index is 488. The number of hydrogen-bond donors (Lipinski definition) is 1. The maximum absolute atomic E-state index is 10.4. The molecular formula is C7H5N3O5. The monoisotopic (exact) mass is 211 g/mol. The molecule has 2 aromatic heterocycles. The lowest BCUT2D eigenvalue weighted by Crippen LogP contribution is -1.95. The third-order valence-electron chi connectivity index (χ3n) is 1.53. The molecule has 0 aromatic carbocycles. The summed E-state index contributed by atoms with van der Waals surface area (Å²) in [5.41, 5.74) is 0. The van der Waals surface area contributed by atoms with Gasteiger partial charge < -0.3 is 18.9 Å². The summed E-state index contributed by atoms with van der Waals surface area (Å²) in [6.07, 6.45) is 0. The van der Waals surface area contributed by atoms with Gasteiger partial charge in [-0.2, -0.15) is 4.98 Å². The van der Waals surface area contributed by atoms with Gasteiger partial charge in [-0.1, -0.05) is 5.16 Å². The second kappa shape index (κ2) is 3.40. The Labute approximate surface area is 82.4 Å². The van der Waals surface area contributed by atoms with Crippen molar-refractivity contribution < 1.29 is 23.7 Å². The number of nitrogens with zero attached hydrogens (tertiary/aromatic N) is 3. The highest BCUT2D eigenvalue weighted by atomic mass is 16.5. The molecule has 0 amide bonds. The van der Waals surface area contributed by atoms with E-state index in [1.807, 2.05) is 0 Å². The van der Waals surface area contributed by atoms with Crippen molar-refractivity contribution >= 4 is 5.97 Å². The van der Waals surface area contributed by atoms with E-state index in [0.717, 1.165) is 0 Å². The molecule has 2 heterocycles. The smallest absolute Gasteiger partial charge is 0.394 e. The maximum Gasteiger partial charge on any atom is 0.394 e. The van der Waals surface area contributed by atoms with Crippen LogP contribution in [0.4, 0.5) is 0 Å². The van der Waals surface area contributed by atoms with E-state index in [1.54, 1.807) is 0 Å². The summed E-state index contributed by atoms with van der Waals surface area (Å²) in [7, 11) is 1.42. The molecule has 0 spiro atoms. The van der Waals surface area contributed by atoms with E-state index in [9.17, 15) is 4.79 Å². The minimum absolute atomic E-state index is 0.00296. The molecule has 8 nitrogen and oxygen atoms in total. The molecule has 15 heavy (non-hydrogen) atoms. The van der Waals surface area contributed by atoms with Crippen LogP contribution in [0.3, 0.4) is 0 Å². The zero-order valence-corrected chi connectivity index (χ0v) is 7.50. The van der Waals surface area contributed by atoms with Gasteiger partial charge in [-0.25, -0.2) is 4.79 Å². The molecular weight excluding hydrogens is 206 g/mol. The Balaban J connectivity index is 2.32. The lowest BCUT2D eigenvalue weighted by molar-refractivity contribution is 0.0643. The van der Waals surface area contributed by atoms with Gasteiger partial charge in [0.2, 0.25) is 11.6 Å². The second-order valence-corrected chi connectivity index (χ2v) is 2.46. The first-order valence-corrected chi connectivity index (χ1v) is 3.79. The van der Waals surface area contributed by atoms with Crippen LogP contribution in [0, 0.1) is 0 Å². The van der Waals surface area contributed by atoms with Gasteiger partial charge in [-0.15, -0.1) is 0 Å². The first-order valence-electron chi connectivity index (χ1n) is 3.79. The normalized spacial score (nSPS) is 10.2. The number of methoxy groups -OCH3 is 1. The molecule has 0 aliphatic rings. The van der Waals surface area contributed by atoms with Crippen LogP contribution in [0.1, 0.15) is 10.7 Å². The van der Waals surface area contributed by atoms with Gasteiger partial charge in [0.25, 0.3) is 5.88 Å². The van der Waals surface area contributed by atoms with Crippen LogP contribution in [0.5, 0.6) is 5.88 Å². The number of carboxylic acid groups (broad SMARTS) is 1. The molecule has 1 N–H and O–H groups in total. The summed E-state index contributed by atoms with van der Waals surface area (Å²) in [5.74, 6) is -1.40. The molecule has 0 radical (unpaired) electrons. The number of ether oxygens (including phenoxy) is 1. The van der Waals surface area contributed by atoms with Gasteiger partial charge in [0.15, 0.2) is 0 Å². The summed E-state index contributed by atoms with van der Waals surface area (Å²) < 4.78 is 14.0. The minimum atomic E-state index is -1.31. The number of carbonyl (C=O) groups is 1. The molecule has 0 bridgehead atoms. The number of hydrogen-bond acceptors (Lipinski definition) is 7. The van der Waals surface area contributed by atoms with E-state index >= 15 is 0 Å². The fourth-order valence-electron chi connectivity index (χ4n) is 0.871. The number of aromatic carboxylic acids is 1. The fraction of sp³-hybridized carbons (Fsp3) is 0.143. The van der Waals surface area contributed by atoms with Crippen LogP contribution in [0.2, 0.25) is 0 Å². The first kappa shape index (κ1) is 9.19. The number of rotatable bonds is 3. The SMILES string of the molecule is COc1cc(-c2noc(C(=O)O)n2)on1. The zero-order chi connectivity index (χ0) is 10.8. The van der Waals surface area contributed by atoms with Gasteiger partial charge in [-0.05, 0) is 5.16 Å². The van der Waals surface area contributed by atoms with Crippen LogP contribution >= 0.6 is 0 Å². The quantitative estimate of drug-likeness (QED) is 0.777. The third kappa shape index (κ3) is 1.64. The highest BCUT2D eigenvalue weighted by Crippen LogP contribution is 2.20. The predicted octanol–water partition coefficient (Wildman–Crippen LogP) is 0.431. The van der Waals surface area contributed by atoms with E-state index in [-0.39, 0.29) is 17.5 Å². The molecule has 0 saturated carbocycles. The van der Waals surface area contributed by atoms with Crippen LogP contribution in [-0.2, 0) is 0 Å². The van der Waals surface area contributed by atoms with Crippen LogP contribution in [0.25, 0.3) is 11.6 Å². The van der Waals surface area contributed by atoms with Crippen LogP contribution in [-0.4, -0.2) is 33.5 Å². The van der Waals surface area contributed by atoms with Crippen molar-refractivity contribution in [2.24, 2.45) is 0 Å². The first-order chi connectivity index (χ1) is 7.20. The molecule has 0 fully saturated rings. The Morgan fingerprint density at radius 2 is 2.27 bits per heavy atom. The summed E-state index contributed by atoms with van der Waals surface area (Å²) in [6.45, 7) is 0. The van der Waals surface area contributed by atoms with E-state index in [4.69, 9.17) is 14.4 Å². The van der Waals surface area contributed by atoms with Crippen molar-refractivity contribution in [1.29, 1.82) is 0 Å². The highest BCUT2D eigenvalue weighted by Gasteiger charge is 2.17. The topological polar surface area (TPSA) is 111 Å². The lowest BCUT2D eigenvalue weighted by atomic mass is 10.4. The Morgan fingerprint density at radius 1 is 1.47 bits per heavy atom. The van der Waals surface area contributed by atoms with Crippen molar-refractivity contribution in [3.8, 4) is 17.5 Å². The van der Waals surface area contributed by atoms with Crippen molar-refractivity contribution in [2.45, 2.75) is 0 Å². The van der Waals surface area contributed by atoms with Crippen molar-refractivity contribution in [3.63, 3.8) is 0 Å². The van der Waals surface area contributed by atoms with E-state index < -0.39 is 11.9 Å². The Kier molecular flexibility index (Phi) is 2.08. The Hall–Kier alpha value is -2.38. The molecule has 0 unspecified atom stereocenters. The summed E-state index contributed by atoms with van der Waals surface area (Å²) in [5, 5.41) is 15.4. The van der Waals surface area contributed by atoms with E-state index in [2.05, 4.69) is 19.8 Å². The maximum atomic E-state index is 10.4. The molecule has 0 saturated heterocycles. The average Bonchev–Trinajstić information content (AvgIpc) is 2.86. The highest BCUT2D eigenvalue weighted by molar-refractivity contribution is 5.82. The van der Waals surface area contributed by atoms with Gasteiger partial charge in [-0.3, -0.25) is 0 Å². The zero-order valence-electron chi connectivity index (χ0n) is 7.50. The predicted molar refractivity (Wildman–Crippen MR) is 43.3 cm³/mol. The lowest BCUT2D eigenvalue weighted by Gasteiger charge is -1.83. The summed E-state index contributed by atoms with van der Waals surface area (Å²) in [4.78, 5) is 14.0. The van der Waals surface area contributed by atoms with Gasteiger partial charge in [0.05, 0.1) is 13.2 Å². The molecule has 2 aromatic rings. The summed E-state index contributed by atoms with van der Waals surface area (Å²) >= 11 is 0. The molecule has 0 aliphatic carbocycles. The average molecular weight is 211 g/mol. The van der Waals surface area contributed by atoms with Crippen molar-refractivity contribution in [3.05, 3.63) is 12.0 Å².